The first-order valence-corrected chi connectivity index (χ1v) is 5.88. The average Bonchev–Trinajstić information content (AvgIpc) is 2.12. The third-order valence-electron chi connectivity index (χ3n) is 2.47. The third-order valence-corrected chi connectivity index (χ3v) is 2.47. The maximum atomic E-state index is 12.0. The van der Waals surface area contributed by atoms with Crippen LogP contribution in [0.15, 0.2) is 0 Å². The molecule has 0 aromatic rings. The molecule has 1 heterocycles. The first-order valence-electron chi connectivity index (χ1n) is 5.88. The molecular weight excluding hydrogens is 238 g/mol. The van der Waals surface area contributed by atoms with E-state index in [1.807, 2.05) is 13.8 Å². The molecular formula is C12H21NO5. The lowest BCUT2D eigenvalue weighted by Gasteiger charge is -2.41. The zero-order valence-electron chi connectivity index (χ0n) is 11.5. The van der Waals surface area contributed by atoms with E-state index in [0.717, 1.165) is 0 Å². The fourth-order valence-electron chi connectivity index (χ4n) is 1.68. The molecule has 0 spiro atoms. The first-order chi connectivity index (χ1) is 8.02. The molecule has 18 heavy (non-hydrogen) atoms. The molecule has 104 valence electrons. The Bertz CT molecular complexity index is 345. The summed E-state index contributed by atoms with van der Waals surface area (Å²) in [6.45, 7) is 9.01. The average molecular weight is 259 g/mol. The smallest absolute Gasteiger partial charge is 0.411 e. The fourth-order valence-corrected chi connectivity index (χ4v) is 1.68. The molecule has 6 heteroatoms. The van der Waals surface area contributed by atoms with Gasteiger partial charge >= 0.3 is 12.1 Å². The number of morpholine rings is 1. The van der Waals surface area contributed by atoms with Gasteiger partial charge in [-0.2, -0.15) is 0 Å². The molecule has 6 nitrogen and oxygen atoms in total. The van der Waals surface area contributed by atoms with Gasteiger partial charge in [0, 0.05) is 0 Å². The van der Waals surface area contributed by atoms with Crippen LogP contribution in [0, 0.1) is 0 Å². The van der Waals surface area contributed by atoms with Crippen molar-refractivity contribution in [2.24, 2.45) is 0 Å². The summed E-state index contributed by atoms with van der Waals surface area (Å²) in [6.07, 6.45) is -0.619. The fraction of sp³-hybridized carbons (Fsp3) is 0.833. The molecule has 1 atom stereocenters. The number of carboxylic acid groups (broad SMARTS) is 1. The monoisotopic (exact) mass is 259 g/mol. The van der Waals surface area contributed by atoms with E-state index in [1.54, 1.807) is 20.8 Å². The van der Waals surface area contributed by atoms with Gasteiger partial charge in [-0.3, -0.25) is 4.90 Å². The molecule has 0 aliphatic carbocycles. The van der Waals surface area contributed by atoms with Gasteiger partial charge in [-0.15, -0.1) is 0 Å². The lowest BCUT2D eigenvalue weighted by atomic mass is 10.0. The highest BCUT2D eigenvalue weighted by molar-refractivity contribution is 5.80. The van der Waals surface area contributed by atoms with Crippen molar-refractivity contribution in [3.8, 4) is 0 Å². The third kappa shape index (κ3) is 3.87. The predicted molar refractivity (Wildman–Crippen MR) is 64.4 cm³/mol. The Balaban J connectivity index is 2.85. The second-order valence-corrected chi connectivity index (χ2v) is 6.03. The first kappa shape index (κ1) is 14.8. The van der Waals surface area contributed by atoms with Crippen molar-refractivity contribution < 1.29 is 24.2 Å². The normalized spacial score (nSPS) is 23.6. The van der Waals surface area contributed by atoms with E-state index in [-0.39, 0.29) is 13.2 Å². The van der Waals surface area contributed by atoms with Crippen molar-refractivity contribution in [3.63, 3.8) is 0 Å². The maximum absolute atomic E-state index is 12.0. The van der Waals surface area contributed by atoms with Crippen molar-refractivity contribution in [1.29, 1.82) is 0 Å². The Labute approximate surface area is 107 Å². The molecule has 1 unspecified atom stereocenters. The Morgan fingerprint density at radius 1 is 1.39 bits per heavy atom. The minimum Gasteiger partial charge on any atom is -0.480 e. The van der Waals surface area contributed by atoms with Crippen LogP contribution in [-0.4, -0.2) is 52.5 Å². The summed E-state index contributed by atoms with van der Waals surface area (Å²) in [5.74, 6) is -1.09. The standard InChI is InChI=1S/C12H21NO5/c1-11(2,3)18-10(16)13-7-12(4,5)17-6-8(13)9(14)15/h8H,6-7H2,1-5H3,(H,14,15). The second kappa shape index (κ2) is 4.76. The highest BCUT2D eigenvalue weighted by atomic mass is 16.6. The van der Waals surface area contributed by atoms with Gasteiger partial charge in [0.2, 0.25) is 0 Å². The highest BCUT2D eigenvalue weighted by Gasteiger charge is 2.41. The lowest BCUT2D eigenvalue weighted by Crippen LogP contribution is -2.59. The molecule has 1 aliphatic heterocycles. The van der Waals surface area contributed by atoms with Crippen LogP contribution >= 0.6 is 0 Å². The van der Waals surface area contributed by atoms with Gasteiger partial charge in [0.05, 0.1) is 18.8 Å². The molecule has 1 fully saturated rings. The van der Waals surface area contributed by atoms with E-state index in [2.05, 4.69) is 0 Å². The van der Waals surface area contributed by atoms with E-state index < -0.39 is 29.3 Å². The zero-order valence-corrected chi connectivity index (χ0v) is 11.5. The number of ether oxygens (including phenoxy) is 2. The summed E-state index contributed by atoms with van der Waals surface area (Å²) in [5.41, 5.74) is -1.22. The topological polar surface area (TPSA) is 76.1 Å². The van der Waals surface area contributed by atoms with Crippen molar-refractivity contribution in [2.75, 3.05) is 13.2 Å². The number of aliphatic carboxylic acids is 1. The minimum atomic E-state index is -1.09. The number of carbonyl (C=O) groups is 2. The Kier molecular flexibility index (Phi) is 3.90. The van der Waals surface area contributed by atoms with Gasteiger partial charge in [0.1, 0.15) is 5.60 Å². The minimum absolute atomic E-state index is 0.0262. The molecule has 0 aromatic carbocycles. The van der Waals surface area contributed by atoms with Crippen molar-refractivity contribution >= 4 is 12.1 Å². The number of carboxylic acids is 1. The number of hydrogen-bond acceptors (Lipinski definition) is 4. The van der Waals surface area contributed by atoms with E-state index >= 15 is 0 Å². The van der Waals surface area contributed by atoms with Crippen molar-refractivity contribution in [2.45, 2.75) is 51.9 Å². The quantitative estimate of drug-likeness (QED) is 0.772. The van der Waals surface area contributed by atoms with E-state index in [0.29, 0.717) is 0 Å². The van der Waals surface area contributed by atoms with Crippen molar-refractivity contribution in [3.05, 3.63) is 0 Å². The van der Waals surface area contributed by atoms with Gasteiger partial charge in [-0.05, 0) is 34.6 Å². The van der Waals surface area contributed by atoms with Crippen LogP contribution in [0.1, 0.15) is 34.6 Å². The van der Waals surface area contributed by atoms with Gasteiger partial charge in [0.15, 0.2) is 6.04 Å². The van der Waals surface area contributed by atoms with Crippen LogP contribution in [0.25, 0.3) is 0 Å². The second-order valence-electron chi connectivity index (χ2n) is 6.03. The maximum Gasteiger partial charge on any atom is 0.411 e. The summed E-state index contributed by atoms with van der Waals surface area (Å²) in [5, 5.41) is 9.10. The Morgan fingerprint density at radius 3 is 2.39 bits per heavy atom. The van der Waals surface area contributed by atoms with E-state index in [9.17, 15) is 9.59 Å². The highest BCUT2D eigenvalue weighted by Crippen LogP contribution is 2.23. The number of hydrogen-bond donors (Lipinski definition) is 1. The molecule has 1 saturated heterocycles. The summed E-state index contributed by atoms with van der Waals surface area (Å²) in [7, 11) is 0. The molecule has 1 aliphatic rings. The summed E-state index contributed by atoms with van der Waals surface area (Å²) >= 11 is 0. The number of amides is 1. The van der Waals surface area contributed by atoms with Gasteiger partial charge in [-0.25, -0.2) is 9.59 Å². The van der Waals surface area contributed by atoms with Crippen LogP contribution in [0.3, 0.4) is 0 Å². The predicted octanol–water partition coefficient (Wildman–Crippen LogP) is 1.49. The number of rotatable bonds is 1. The zero-order chi connectivity index (χ0) is 14.1. The van der Waals surface area contributed by atoms with E-state index in [1.165, 1.54) is 4.90 Å². The SMILES string of the molecule is CC(C)(C)OC(=O)N1CC(C)(C)OCC1C(=O)O. The van der Waals surface area contributed by atoms with Crippen LogP contribution in [0.2, 0.25) is 0 Å². The molecule has 1 amide bonds. The van der Waals surface area contributed by atoms with Crippen LogP contribution < -0.4 is 0 Å². The Morgan fingerprint density at radius 2 is 1.94 bits per heavy atom. The molecule has 0 radical (unpaired) electrons. The van der Waals surface area contributed by atoms with Crippen LogP contribution in [0.5, 0.6) is 0 Å². The summed E-state index contributed by atoms with van der Waals surface area (Å²) in [6, 6.07) is -0.993. The number of carbonyl (C=O) groups excluding carboxylic acids is 1. The molecule has 1 rings (SSSR count). The summed E-state index contributed by atoms with van der Waals surface area (Å²) < 4.78 is 10.6. The van der Waals surface area contributed by atoms with Gasteiger partial charge in [0.25, 0.3) is 0 Å². The molecule has 1 N–H and O–H groups in total. The van der Waals surface area contributed by atoms with Crippen LogP contribution in [0.4, 0.5) is 4.79 Å². The Hall–Kier alpha value is -1.30. The lowest BCUT2D eigenvalue weighted by molar-refractivity contribution is -0.160. The van der Waals surface area contributed by atoms with Crippen LogP contribution in [-0.2, 0) is 14.3 Å². The summed E-state index contributed by atoms with van der Waals surface area (Å²) in [4.78, 5) is 24.3. The van der Waals surface area contributed by atoms with E-state index in [4.69, 9.17) is 14.6 Å². The molecule has 0 saturated carbocycles. The van der Waals surface area contributed by atoms with Gasteiger partial charge in [-0.1, -0.05) is 0 Å². The molecule has 0 aromatic heterocycles. The number of nitrogens with zero attached hydrogens (tertiary/aromatic N) is 1. The largest absolute Gasteiger partial charge is 0.480 e. The van der Waals surface area contributed by atoms with Gasteiger partial charge < -0.3 is 14.6 Å². The molecule has 0 bridgehead atoms. The van der Waals surface area contributed by atoms with Crippen molar-refractivity contribution in [1.82, 2.24) is 4.90 Å².